The van der Waals surface area contributed by atoms with Gasteiger partial charge in [0.2, 0.25) is 0 Å². The van der Waals surface area contributed by atoms with Crippen molar-refractivity contribution in [1.29, 1.82) is 0 Å². The number of anilines is 1. The smallest absolute Gasteiger partial charge is 0.123 e. The molecule has 0 bridgehead atoms. The Morgan fingerprint density at radius 1 is 1.22 bits per heavy atom. The van der Waals surface area contributed by atoms with E-state index in [0.29, 0.717) is 26.3 Å². The summed E-state index contributed by atoms with van der Waals surface area (Å²) in [4.78, 5) is 0. The van der Waals surface area contributed by atoms with Crippen LogP contribution in [0.1, 0.15) is 17.2 Å². The minimum absolute atomic E-state index is 0.293. The molecule has 0 fully saturated rings. The summed E-state index contributed by atoms with van der Waals surface area (Å²) in [7, 11) is 0. The first-order chi connectivity index (χ1) is 8.50. The summed E-state index contributed by atoms with van der Waals surface area (Å²) < 4.78 is 13.9. The summed E-state index contributed by atoms with van der Waals surface area (Å²) in [6.07, 6.45) is -1.06. The van der Waals surface area contributed by atoms with E-state index in [1.54, 1.807) is 18.2 Å². The molecule has 0 aliphatic heterocycles. The van der Waals surface area contributed by atoms with Crippen molar-refractivity contribution >= 4 is 33.2 Å². The van der Waals surface area contributed by atoms with E-state index in [4.69, 9.17) is 17.3 Å². The molecule has 1 atom stereocenters. The molecule has 0 aromatic heterocycles. The van der Waals surface area contributed by atoms with Crippen molar-refractivity contribution in [3.63, 3.8) is 0 Å². The van der Waals surface area contributed by atoms with Crippen LogP contribution in [0.3, 0.4) is 0 Å². The van der Waals surface area contributed by atoms with E-state index in [0.717, 1.165) is 0 Å². The highest BCUT2D eigenvalue weighted by Crippen LogP contribution is 2.34. The van der Waals surface area contributed by atoms with Gasteiger partial charge in [0.15, 0.2) is 0 Å². The molecule has 0 radical (unpaired) electrons. The molecule has 1 unspecified atom stereocenters. The van der Waals surface area contributed by atoms with Crippen LogP contribution in [-0.4, -0.2) is 5.11 Å². The normalized spacial score (nSPS) is 12.4. The molecular formula is C13H10BrClFNO. The lowest BCUT2D eigenvalue weighted by Gasteiger charge is -2.16. The van der Waals surface area contributed by atoms with E-state index >= 15 is 0 Å². The fourth-order valence-corrected chi connectivity index (χ4v) is 2.29. The van der Waals surface area contributed by atoms with Crippen molar-refractivity contribution in [2.75, 3.05) is 5.73 Å². The van der Waals surface area contributed by atoms with Gasteiger partial charge in [0, 0.05) is 20.6 Å². The third kappa shape index (κ3) is 2.51. The molecule has 0 aliphatic rings. The van der Waals surface area contributed by atoms with Gasteiger partial charge in [-0.05, 0) is 40.2 Å². The average Bonchev–Trinajstić information content (AvgIpc) is 2.35. The van der Waals surface area contributed by atoms with Gasteiger partial charge in [-0.15, -0.1) is 0 Å². The Morgan fingerprint density at radius 2 is 1.94 bits per heavy atom. The third-order valence-electron chi connectivity index (χ3n) is 2.63. The molecule has 2 aromatic rings. The molecule has 3 N–H and O–H groups in total. The van der Waals surface area contributed by atoms with Gasteiger partial charge in [0.1, 0.15) is 11.9 Å². The molecule has 0 spiro atoms. The van der Waals surface area contributed by atoms with Crippen molar-refractivity contribution in [3.05, 3.63) is 62.8 Å². The van der Waals surface area contributed by atoms with E-state index in [1.807, 2.05) is 0 Å². The first-order valence-corrected chi connectivity index (χ1v) is 6.34. The number of nitrogen functional groups attached to an aromatic ring is 1. The molecular weight excluding hydrogens is 321 g/mol. The fourth-order valence-electron chi connectivity index (χ4n) is 1.68. The number of nitrogens with two attached hydrogens (primary N) is 1. The predicted molar refractivity (Wildman–Crippen MR) is 74.0 cm³/mol. The lowest BCUT2D eigenvalue weighted by Crippen LogP contribution is -2.05. The summed E-state index contributed by atoms with van der Waals surface area (Å²) in [5, 5.41) is 10.5. The van der Waals surface area contributed by atoms with E-state index in [2.05, 4.69) is 15.9 Å². The second-order valence-corrected chi connectivity index (χ2v) is 5.07. The van der Waals surface area contributed by atoms with Crippen LogP contribution in [0.5, 0.6) is 0 Å². The van der Waals surface area contributed by atoms with Gasteiger partial charge in [-0.1, -0.05) is 23.7 Å². The molecule has 0 aliphatic carbocycles. The Bertz CT molecular complexity index is 589. The number of benzene rings is 2. The second kappa shape index (κ2) is 5.26. The van der Waals surface area contributed by atoms with E-state index in [9.17, 15) is 9.50 Å². The monoisotopic (exact) mass is 329 g/mol. The molecule has 2 rings (SSSR count). The number of hydrogen-bond donors (Lipinski definition) is 2. The Labute approximate surface area is 117 Å². The van der Waals surface area contributed by atoms with Gasteiger partial charge in [0.05, 0.1) is 5.69 Å². The molecule has 0 saturated carbocycles. The molecule has 0 saturated heterocycles. The topological polar surface area (TPSA) is 46.2 Å². The maximum atomic E-state index is 13.2. The van der Waals surface area contributed by atoms with Crippen LogP contribution in [0.15, 0.2) is 40.9 Å². The van der Waals surface area contributed by atoms with Gasteiger partial charge >= 0.3 is 0 Å². The van der Waals surface area contributed by atoms with Crippen LogP contribution in [0.4, 0.5) is 10.1 Å². The highest BCUT2D eigenvalue weighted by atomic mass is 79.9. The van der Waals surface area contributed by atoms with Crippen molar-refractivity contribution in [2.45, 2.75) is 6.10 Å². The van der Waals surface area contributed by atoms with Crippen molar-refractivity contribution in [1.82, 2.24) is 0 Å². The zero-order valence-corrected chi connectivity index (χ0v) is 11.5. The second-order valence-electron chi connectivity index (χ2n) is 3.81. The van der Waals surface area contributed by atoms with Crippen LogP contribution in [0, 0.1) is 5.82 Å². The van der Waals surface area contributed by atoms with Gasteiger partial charge in [0.25, 0.3) is 0 Å². The van der Waals surface area contributed by atoms with E-state index in [1.165, 1.54) is 18.2 Å². The number of para-hydroxylation sites is 1. The number of hydrogen-bond acceptors (Lipinski definition) is 2. The zero-order valence-electron chi connectivity index (χ0n) is 9.20. The van der Waals surface area contributed by atoms with Crippen molar-refractivity contribution in [2.24, 2.45) is 0 Å². The minimum atomic E-state index is -1.06. The molecule has 18 heavy (non-hydrogen) atoms. The van der Waals surface area contributed by atoms with Crippen LogP contribution >= 0.6 is 27.5 Å². The minimum Gasteiger partial charge on any atom is -0.398 e. The average molecular weight is 331 g/mol. The Balaban J connectivity index is 2.51. The largest absolute Gasteiger partial charge is 0.398 e. The van der Waals surface area contributed by atoms with Crippen LogP contribution in [-0.2, 0) is 0 Å². The third-order valence-corrected chi connectivity index (χ3v) is 3.67. The van der Waals surface area contributed by atoms with Crippen LogP contribution in [0.25, 0.3) is 0 Å². The van der Waals surface area contributed by atoms with Crippen molar-refractivity contribution in [3.8, 4) is 0 Å². The number of aliphatic hydroxyl groups is 1. The summed E-state index contributed by atoms with van der Waals surface area (Å²) in [5.41, 5.74) is 7.05. The maximum absolute atomic E-state index is 13.2. The Morgan fingerprint density at radius 3 is 2.67 bits per heavy atom. The van der Waals surface area contributed by atoms with E-state index < -0.39 is 11.9 Å². The number of rotatable bonds is 2. The van der Waals surface area contributed by atoms with Crippen LogP contribution in [0.2, 0.25) is 5.02 Å². The summed E-state index contributed by atoms with van der Waals surface area (Å²) in [5.74, 6) is -0.456. The molecule has 2 aromatic carbocycles. The highest BCUT2D eigenvalue weighted by Gasteiger charge is 2.18. The molecule has 0 heterocycles. The summed E-state index contributed by atoms with van der Waals surface area (Å²) in [6.45, 7) is 0. The summed E-state index contributed by atoms with van der Waals surface area (Å²) in [6, 6.07) is 9.02. The summed E-state index contributed by atoms with van der Waals surface area (Å²) >= 11 is 9.23. The zero-order chi connectivity index (χ0) is 13.3. The fraction of sp³-hybridized carbons (Fsp3) is 0.0769. The lowest BCUT2D eigenvalue weighted by molar-refractivity contribution is 0.220. The van der Waals surface area contributed by atoms with Gasteiger partial charge in [-0.3, -0.25) is 0 Å². The van der Waals surface area contributed by atoms with Gasteiger partial charge < -0.3 is 10.8 Å². The van der Waals surface area contributed by atoms with Gasteiger partial charge in [-0.2, -0.15) is 0 Å². The number of aliphatic hydroxyl groups excluding tert-OH is 1. The molecule has 2 nitrogen and oxygen atoms in total. The molecule has 0 amide bonds. The standard InChI is InChI=1S/C13H10BrClFNO/c14-10-3-1-2-8(12(10)17)13(18)9-6-7(16)4-5-11(9)15/h1-6,13,18H,17H2. The van der Waals surface area contributed by atoms with Crippen molar-refractivity contribution < 1.29 is 9.50 Å². The SMILES string of the molecule is Nc1c(Br)cccc1C(O)c1cc(F)ccc1Cl. The Kier molecular flexibility index (Phi) is 3.90. The Hall–Kier alpha value is -1.10. The lowest BCUT2D eigenvalue weighted by atomic mass is 10.00. The number of halogens is 3. The first-order valence-electron chi connectivity index (χ1n) is 5.17. The molecule has 94 valence electrons. The first kappa shape index (κ1) is 13.3. The molecule has 5 heteroatoms. The van der Waals surface area contributed by atoms with Crippen LogP contribution < -0.4 is 5.73 Å². The predicted octanol–water partition coefficient (Wildman–Crippen LogP) is 3.91. The quantitative estimate of drug-likeness (QED) is 0.820. The van der Waals surface area contributed by atoms with Gasteiger partial charge in [-0.25, -0.2) is 4.39 Å². The van der Waals surface area contributed by atoms with E-state index in [-0.39, 0.29) is 0 Å². The maximum Gasteiger partial charge on any atom is 0.123 e. The highest BCUT2D eigenvalue weighted by molar-refractivity contribution is 9.10.